The first kappa shape index (κ1) is 19.3. The van der Waals surface area contributed by atoms with Crippen molar-refractivity contribution < 1.29 is 23.5 Å². The van der Waals surface area contributed by atoms with E-state index in [0.717, 1.165) is 4.88 Å². The van der Waals surface area contributed by atoms with E-state index in [-0.39, 0.29) is 29.0 Å². The molecule has 0 aromatic carbocycles. The summed E-state index contributed by atoms with van der Waals surface area (Å²) in [5, 5.41) is 6.40. The number of carbonyl (C=O) groups excluding carboxylic acids is 3. The number of hydrogen-bond acceptors (Lipinski definition) is 8. The average Bonchev–Trinajstić information content (AvgIpc) is 3.28. The molecule has 0 saturated carbocycles. The number of amides is 3. The molecule has 3 aromatic rings. The first-order chi connectivity index (χ1) is 13.4. The lowest BCUT2D eigenvalue weighted by Gasteiger charge is -2.07. The van der Waals surface area contributed by atoms with Gasteiger partial charge in [-0.05, 0) is 18.4 Å². The van der Waals surface area contributed by atoms with Crippen LogP contribution in [0.3, 0.4) is 0 Å². The van der Waals surface area contributed by atoms with E-state index in [1.54, 1.807) is 0 Å². The van der Waals surface area contributed by atoms with E-state index in [1.165, 1.54) is 36.2 Å². The van der Waals surface area contributed by atoms with Crippen molar-refractivity contribution in [3.05, 3.63) is 50.4 Å². The molecule has 0 aliphatic heterocycles. The molecule has 0 aliphatic carbocycles. The van der Waals surface area contributed by atoms with Crippen LogP contribution in [0.15, 0.2) is 33.1 Å². The number of fused-ring (bicyclic) bond motifs is 1. The van der Waals surface area contributed by atoms with E-state index in [4.69, 9.17) is 9.15 Å². The molecule has 146 valence electrons. The molecule has 0 atom stereocenters. The average molecular weight is 404 g/mol. The summed E-state index contributed by atoms with van der Waals surface area (Å²) >= 11 is 1.46. The maximum Gasteiger partial charge on any atom is 0.343 e. The normalized spacial score (nSPS) is 10.6. The molecule has 0 fully saturated rings. The van der Waals surface area contributed by atoms with E-state index in [0.29, 0.717) is 0 Å². The lowest BCUT2D eigenvalue weighted by Crippen LogP contribution is -2.41. The summed E-state index contributed by atoms with van der Waals surface area (Å²) in [6, 6.07) is 2.97. The smallest absolute Gasteiger partial charge is 0.343 e. The SMILES string of the molecule is Cc1oc2ncn(C)c(=O)c2c1C(=O)OCC(=O)NC(=O)NCc1cccs1. The van der Waals surface area contributed by atoms with Gasteiger partial charge in [0.05, 0.1) is 6.54 Å². The van der Waals surface area contributed by atoms with Crippen LogP contribution in [0, 0.1) is 6.92 Å². The maximum atomic E-state index is 12.3. The van der Waals surface area contributed by atoms with Gasteiger partial charge in [-0.25, -0.2) is 14.6 Å². The van der Waals surface area contributed by atoms with Gasteiger partial charge in [0.2, 0.25) is 5.71 Å². The molecule has 0 saturated heterocycles. The number of nitrogens with zero attached hydrogens (tertiary/aromatic N) is 2. The number of aryl methyl sites for hydroxylation is 2. The molecule has 10 nitrogen and oxygen atoms in total. The highest BCUT2D eigenvalue weighted by Crippen LogP contribution is 2.21. The fraction of sp³-hybridized carbons (Fsp3) is 0.235. The Hall–Kier alpha value is -3.47. The zero-order valence-electron chi connectivity index (χ0n) is 15.0. The third kappa shape index (κ3) is 4.09. The number of nitrogens with one attached hydrogen (secondary N) is 2. The van der Waals surface area contributed by atoms with Crippen molar-refractivity contribution in [2.24, 2.45) is 7.05 Å². The highest BCUT2D eigenvalue weighted by atomic mass is 32.1. The third-order valence-electron chi connectivity index (χ3n) is 3.74. The van der Waals surface area contributed by atoms with Gasteiger partial charge in [-0.1, -0.05) is 6.07 Å². The molecule has 2 N–H and O–H groups in total. The number of furan rings is 1. The number of imide groups is 1. The number of urea groups is 1. The van der Waals surface area contributed by atoms with Crippen molar-refractivity contribution in [1.82, 2.24) is 20.2 Å². The van der Waals surface area contributed by atoms with E-state index < -0.39 is 30.1 Å². The fourth-order valence-corrected chi connectivity index (χ4v) is 3.07. The second kappa shape index (κ2) is 8.05. The first-order valence-electron chi connectivity index (χ1n) is 8.08. The molecule has 0 spiro atoms. The van der Waals surface area contributed by atoms with Gasteiger partial charge in [0.25, 0.3) is 11.5 Å². The number of carbonyl (C=O) groups is 3. The molecule has 0 aliphatic rings. The lowest BCUT2D eigenvalue weighted by molar-refractivity contribution is -0.123. The van der Waals surface area contributed by atoms with Crippen LogP contribution in [0.4, 0.5) is 4.79 Å². The molecule has 3 rings (SSSR count). The summed E-state index contributed by atoms with van der Waals surface area (Å²) in [6.07, 6.45) is 1.27. The summed E-state index contributed by atoms with van der Waals surface area (Å²) in [5.74, 6) is -1.59. The lowest BCUT2D eigenvalue weighted by atomic mass is 10.2. The number of ether oxygens (including phenoxy) is 1. The Morgan fingerprint density at radius 3 is 2.86 bits per heavy atom. The van der Waals surface area contributed by atoms with Crippen molar-refractivity contribution in [2.45, 2.75) is 13.5 Å². The molecule has 3 aromatic heterocycles. The predicted molar refractivity (Wildman–Crippen MR) is 99.0 cm³/mol. The standard InChI is InChI=1S/C17H16N4O6S/c1-9-12(13-14(27-9)19-8-21(2)15(13)23)16(24)26-7-11(22)20-17(25)18-6-10-4-3-5-28-10/h3-5,8H,6-7H2,1-2H3,(H2,18,20,22,25). The van der Waals surface area contributed by atoms with Crippen LogP contribution in [-0.4, -0.2) is 34.1 Å². The molecule has 11 heteroatoms. The quantitative estimate of drug-likeness (QED) is 0.608. The minimum atomic E-state index is -0.921. The van der Waals surface area contributed by atoms with Crippen LogP contribution in [0.5, 0.6) is 0 Å². The number of rotatable bonds is 5. The minimum Gasteiger partial charge on any atom is -0.452 e. The van der Waals surface area contributed by atoms with Gasteiger partial charge in [-0.2, -0.15) is 0 Å². The van der Waals surface area contributed by atoms with Gasteiger partial charge in [0.1, 0.15) is 23.0 Å². The van der Waals surface area contributed by atoms with Crippen molar-refractivity contribution in [2.75, 3.05) is 6.61 Å². The number of aromatic nitrogens is 2. The highest BCUT2D eigenvalue weighted by molar-refractivity contribution is 7.09. The number of thiophene rings is 1. The third-order valence-corrected chi connectivity index (χ3v) is 4.62. The van der Waals surface area contributed by atoms with Crippen LogP contribution in [-0.2, 0) is 23.1 Å². The largest absolute Gasteiger partial charge is 0.452 e. The summed E-state index contributed by atoms with van der Waals surface area (Å²) in [7, 11) is 1.48. The summed E-state index contributed by atoms with van der Waals surface area (Å²) in [5.41, 5.74) is -0.574. The van der Waals surface area contributed by atoms with E-state index in [2.05, 4.69) is 15.6 Å². The number of esters is 1. The zero-order valence-corrected chi connectivity index (χ0v) is 15.8. The molecule has 0 radical (unpaired) electrons. The molecular formula is C17H16N4O6S. The van der Waals surface area contributed by atoms with Gasteiger partial charge < -0.3 is 19.0 Å². The second-order valence-corrected chi connectivity index (χ2v) is 6.79. The maximum absolute atomic E-state index is 12.3. The van der Waals surface area contributed by atoms with Gasteiger partial charge >= 0.3 is 12.0 Å². The summed E-state index contributed by atoms with van der Waals surface area (Å²) < 4.78 is 11.4. The summed E-state index contributed by atoms with van der Waals surface area (Å²) in [6.45, 7) is 1.06. The monoisotopic (exact) mass is 404 g/mol. The Morgan fingerprint density at radius 2 is 2.14 bits per heavy atom. The Morgan fingerprint density at radius 1 is 1.36 bits per heavy atom. The van der Waals surface area contributed by atoms with E-state index in [1.807, 2.05) is 17.5 Å². The number of hydrogen-bond donors (Lipinski definition) is 2. The van der Waals surface area contributed by atoms with E-state index in [9.17, 15) is 19.2 Å². The van der Waals surface area contributed by atoms with Crippen LogP contribution in [0.2, 0.25) is 0 Å². The molecule has 3 amide bonds. The molecule has 3 heterocycles. The Balaban J connectivity index is 1.59. The predicted octanol–water partition coefficient (Wildman–Crippen LogP) is 1.08. The molecule has 28 heavy (non-hydrogen) atoms. The Labute approximate surface area is 162 Å². The van der Waals surface area contributed by atoms with Crippen molar-refractivity contribution in [1.29, 1.82) is 0 Å². The van der Waals surface area contributed by atoms with Crippen LogP contribution in [0.25, 0.3) is 11.1 Å². The minimum absolute atomic E-state index is 0.00459. The van der Waals surface area contributed by atoms with E-state index >= 15 is 0 Å². The second-order valence-electron chi connectivity index (χ2n) is 5.76. The Kier molecular flexibility index (Phi) is 5.54. The van der Waals surface area contributed by atoms with Crippen molar-refractivity contribution >= 4 is 40.3 Å². The summed E-state index contributed by atoms with van der Waals surface area (Å²) in [4.78, 5) is 52.9. The van der Waals surface area contributed by atoms with Gasteiger partial charge in [0.15, 0.2) is 6.61 Å². The first-order valence-corrected chi connectivity index (χ1v) is 8.96. The van der Waals surface area contributed by atoms with Gasteiger partial charge in [-0.3, -0.25) is 14.9 Å². The molecule has 0 bridgehead atoms. The van der Waals surface area contributed by atoms with Crippen molar-refractivity contribution in [3.8, 4) is 0 Å². The van der Waals surface area contributed by atoms with Gasteiger partial charge in [0, 0.05) is 11.9 Å². The fourth-order valence-electron chi connectivity index (χ4n) is 2.42. The van der Waals surface area contributed by atoms with Crippen LogP contribution >= 0.6 is 11.3 Å². The molecule has 0 unspecified atom stereocenters. The van der Waals surface area contributed by atoms with Gasteiger partial charge in [-0.15, -0.1) is 11.3 Å². The highest BCUT2D eigenvalue weighted by Gasteiger charge is 2.24. The van der Waals surface area contributed by atoms with Crippen molar-refractivity contribution in [3.63, 3.8) is 0 Å². The van der Waals surface area contributed by atoms with Crippen LogP contribution in [0.1, 0.15) is 21.0 Å². The zero-order chi connectivity index (χ0) is 20.3. The van der Waals surface area contributed by atoms with Crippen LogP contribution < -0.4 is 16.2 Å². The topological polar surface area (TPSA) is 133 Å². The molecular weight excluding hydrogens is 388 g/mol. The Bertz CT molecular complexity index is 1100.